The molecule has 0 bridgehead atoms. The smallest absolute Gasteiger partial charge is 0.417 e. The molecule has 0 heterocycles. The van der Waals surface area contributed by atoms with E-state index in [1.165, 1.54) is 0 Å². The van der Waals surface area contributed by atoms with Crippen LogP contribution < -0.4 is 0 Å². The largest absolute Gasteiger partial charge is 0.759 e. The summed E-state index contributed by atoms with van der Waals surface area (Å²) in [4.78, 5) is 15.1. The van der Waals surface area contributed by atoms with Crippen molar-refractivity contribution in [3.8, 4) is 0 Å². The number of hydrogen-bond acceptors (Lipinski definition) is 2. The first-order valence-electron chi connectivity index (χ1n) is 6.58. The molecule has 24 heavy (non-hydrogen) atoms. The fraction of sp³-hybridized carbons (Fsp3) is 0.125. The van der Waals surface area contributed by atoms with Crippen molar-refractivity contribution in [3.63, 3.8) is 0 Å². The van der Waals surface area contributed by atoms with Crippen LogP contribution in [0.2, 0.25) is 0 Å². The summed E-state index contributed by atoms with van der Waals surface area (Å²) in [5, 5.41) is -0.944. The van der Waals surface area contributed by atoms with E-state index in [9.17, 15) is 26.7 Å². The van der Waals surface area contributed by atoms with Crippen LogP contribution in [0.5, 0.6) is 0 Å². The Morgan fingerprint density at radius 3 is 2.25 bits per heavy atom. The summed E-state index contributed by atoms with van der Waals surface area (Å²) in [6, 6.07) is 8.96. The van der Waals surface area contributed by atoms with Gasteiger partial charge in [-0.25, -0.2) is 13.8 Å². The monoisotopic (exact) mass is 358 g/mol. The average Bonchev–Trinajstić information content (AvgIpc) is 2.49. The number of carbonyl (C=O) groups is 1. The van der Waals surface area contributed by atoms with Gasteiger partial charge in [-0.15, -0.1) is 0 Å². The van der Waals surface area contributed by atoms with Crippen molar-refractivity contribution in [3.05, 3.63) is 70.8 Å². The summed E-state index contributed by atoms with van der Waals surface area (Å²) in [6.07, 6.45) is -5.19. The Bertz CT molecular complexity index is 787. The summed E-state index contributed by atoms with van der Waals surface area (Å²) < 4.78 is 65.8. The number of amides is 1. The van der Waals surface area contributed by atoms with Gasteiger partial charge in [0.1, 0.15) is 0 Å². The highest BCUT2D eigenvalue weighted by molar-refractivity contribution is 7.78. The molecule has 0 saturated carbocycles. The molecule has 0 fully saturated rings. The quantitative estimate of drug-likeness (QED) is 0.359. The molecule has 2 aromatic rings. The van der Waals surface area contributed by atoms with Crippen molar-refractivity contribution >= 4 is 23.6 Å². The van der Waals surface area contributed by atoms with E-state index < -0.39 is 39.9 Å². The van der Waals surface area contributed by atoms with Gasteiger partial charge < -0.3 is 12.6 Å². The topological polar surface area (TPSA) is 29.4 Å². The number of hydrogen-bond donors (Lipinski definition) is 0. The summed E-state index contributed by atoms with van der Waals surface area (Å²) >= 11 is 4.62. The summed E-state index contributed by atoms with van der Waals surface area (Å²) in [5.41, 5.74) is -2.16. The highest BCUT2D eigenvalue weighted by atomic mass is 32.1. The minimum absolute atomic E-state index is 0.223. The lowest BCUT2D eigenvalue weighted by molar-refractivity contribution is -0.138. The van der Waals surface area contributed by atoms with E-state index in [1.807, 2.05) is 0 Å². The Kier molecular flexibility index (Phi) is 5.28. The van der Waals surface area contributed by atoms with Crippen LogP contribution in [0.1, 0.15) is 16.7 Å². The summed E-state index contributed by atoms with van der Waals surface area (Å²) in [5.74, 6) is -4.15. The number of rotatable bonds is 3. The predicted octanol–water partition coefficient (Wildman–Crippen LogP) is 4.05. The van der Waals surface area contributed by atoms with E-state index in [1.54, 1.807) is 30.3 Å². The average molecular weight is 358 g/mol. The second kappa shape index (κ2) is 7.04. The molecule has 0 aromatic heterocycles. The van der Waals surface area contributed by atoms with Crippen molar-refractivity contribution < 1.29 is 26.7 Å². The minimum Gasteiger partial charge on any atom is -0.759 e. The Hall–Kier alpha value is -2.35. The van der Waals surface area contributed by atoms with E-state index >= 15 is 0 Å². The lowest BCUT2D eigenvalue weighted by atomic mass is 10.1. The second-order valence-electron chi connectivity index (χ2n) is 4.75. The zero-order valence-corrected chi connectivity index (χ0v) is 12.7. The summed E-state index contributed by atoms with van der Waals surface area (Å²) in [6.45, 7) is 0. The molecule has 2 rings (SSSR count). The molecular weight excluding hydrogens is 349 g/mol. The van der Waals surface area contributed by atoms with E-state index in [2.05, 4.69) is 17.6 Å². The SMILES string of the molecule is O=C(Cc1ccccc1)N=C([S-])c1c(C(F)(F)F)ccc(F)c1F. The fourth-order valence-electron chi connectivity index (χ4n) is 1.98. The van der Waals surface area contributed by atoms with Crippen LogP contribution in [0.25, 0.3) is 0 Å². The lowest BCUT2D eigenvalue weighted by Gasteiger charge is -2.18. The minimum atomic E-state index is -4.97. The van der Waals surface area contributed by atoms with Crippen LogP contribution in [-0.4, -0.2) is 11.0 Å². The Labute approximate surface area is 139 Å². The third-order valence-electron chi connectivity index (χ3n) is 3.04. The normalized spacial score (nSPS) is 12.3. The van der Waals surface area contributed by atoms with E-state index in [0.717, 1.165) is 0 Å². The van der Waals surface area contributed by atoms with Crippen LogP contribution >= 0.6 is 0 Å². The van der Waals surface area contributed by atoms with Gasteiger partial charge in [0.2, 0.25) is 5.91 Å². The number of carbonyl (C=O) groups excluding carboxylic acids is 1. The molecule has 1 amide bonds. The molecule has 0 aliphatic rings. The molecule has 0 unspecified atom stereocenters. The van der Waals surface area contributed by atoms with Gasteiger partial charge >= 0.3 is 6.18 Å². The molecule has 0 spiro atoms. The Morgan fingerprint density at radius 1 is 1.04 bits per heavy atom. The van der Waals surface area contributed by atoms with Gasteiger partial charge in [0.15, 0.2) is 11.6 Å². The van der Waals surface area contributed by atoms with Gasteiger partial charge in [-0.3, -0.25) is 4.79 Å². The van der Waals surface area contributed by atoms with Crippen molar-refractivity contribution in [2.24, 2.45) is 4.99 Å². The number of aliphatic imine (C=N–C) groups is 1. The second-order valence-corrected chi connectivity index (χ2v) is 5.14. The first kappa shape index (κ1) is 18.0. The molecule has 0 N–H and O–H groups in total. The number of nitrogens with zero attached hydrogens (tertiary/aromatic N) is 1. The van der Waals surface area contributed by atoms with Gasteiger partial charge in [-0.05, 0) is 17.7 Å². The zero-order valence-electron chi connectivity index (χ0n) is 11.9. The molecule has 126 valence electrons. The number of alkyl halides is 3. The van der Waals surface area contributed by atoms with Crippen molar-refractivity contribution in [2.75, 3.05) is 0 Å². The van der Waals surface area contributed by atoms with Crippen molar-refractivity contribution in [1.29, 1.82) is 0 Å². The van der Waals surface area contributed by atoms with Crippen LogP contribution in [-0.2, 0) is 30.0 Å². The highest BCUT2D eigenvalue weighted by Crippen LogP contribution is 2.34. The maximum absolute atomic E-state index is 13.8. The van der Waals surface area contributed by atoms with Gasteiger partial charge in [0.05, 0.1) is 12.0 Å². The third kappa shape index (κ3) is 4.14. The first-order valence-corrected chi connectivity index (χ1v) is 6.99. The Balaban J connectivity index is 2.40. The van der Waals surface area contributed by atoms with Gasteiger partial charge in [-0.1, -0.05) is 35.4 Å². The zero-order chi connectivity index (χ0) is 17.9. The number of benzene rings is 2. The molecule has 8 heteroatoms. The maximum Gasteiger partial charge on any atom is 0.417 e. The van der Waals surface area contributed by atoms with Gasteiger partial charge in [-0.2, -0.15) is 13.2 Å². The molecule has 2 aromatic carbocycles. The predicted molar refractivity (Wildman–Crippen MR) is 80.4 cm³/mol. The van der Waals surface area contributed by atoms with Crippen LogP contribution in [0.4, 0.5) is 22.0 Å². The van der Waals surface area contributed by atoms with E-state index in [-0.39, 0.29) is 6.42 Å². The van der Waals surface area contributed by atoms with Crippen LogP contribution in [0, 0.1) is 11.6 Å². The lowest BCUT2D eigenvalue weighted by Crippen LogP contribution is -2.17. The van der Waals surface area contributed by atoms with Crippen molar-refractivity contribution in [2.45, 2.75) is 12.6 Å². The molecule has 0 saturated heterocycles. The molecular formula is C16H9F5NOS-. The molecule has 0 atom stereocenters. The standard InChI is InChI=1S/C16H10F5NOS/c17-11-7-6-10(16(19,20)21)13(14(11)18)15(24)22-12(23)8-9-4-2-1-3-5-9/h1-7H,8H2,(H,22,23,24)/p-1. The van der Waals surface area contributed by atoms with Crippen LogP contribution in [0.3, 0.4) is 0 Å². The number of halogens is 5. The van der Waals surface area contributed by atoms with Crippen molar-refractivity contribution in [1.82, 2.24) is 0 Å². The first-order chi connectivity index (χ1) is 11.2. The Morgan fingerprint density at radius 2 is 1.67 bits per heavy atom. The molecule has 0 radical (unpaired) electrons. The third-order valence-corrected chi connectivity index (χ3v) is 3.33. The maximum atomic E-state index is 13.8. The fourth-order valence-corrected chi connectivity index (χ4v) is 2.28. The van der Waals surface area contributed by atoms with Gasteiger partial charge in [0, 0.05) is 5.56 Å². The summed E-state index contributed by atoms with van der Waals surface area (Å²) in [7, 11) is 0. The van der Waals surface area contributed by atoms with E-state index in [0.29, 0.717) is 17.7 Å². The molecule has 0 aliphatic heterocycles. The molecule has 2 nitrogen and oxygen atoms in total. The van der Waals surface area contributed by atoms with E-state index in [4.69, 9.17) is 0 Å². The van der Waals surface area contributed by atoms with Gasteiger partial charge in [0.25, 0.3) is 0 Å². The highest BCUT2D eigenvalue weighted by Gasteiger charge is 2.35. The van der Waals surface area contributed by atoms with Crippen LogP contribution in [0.15, 0.2) is 47.5 Å². The molecule has 0 aliphatic carbocycles.